The van der Waals surface area contributed by atoms with Crippen LogP contribution in [-0.2, 0) is 0 Å². The quantitative estimate of drug-likeness (QED) is 0.754. The monoisotopic (exact) mass is 221 g/mol. The van der Waals surface area contributed by atoms with Crippen LogP contribution >= 0.6 is 11.8 Å². The van der Waals surface area contributed by atoms with Crippen LogP contribution in [0.2, 0.25) is 0 Å². The predicted molar refractivity (Wildman–Crippen MR) is 66.0 cm³/mol. The summed E-state index contributed by atoms with van der Waals surface area (Å²) in [6, 6.07) is 8.03. The van der Waals surface area contributed by atoms with Gasteiger partial charge in [0.1, 0.15) is 0 Å². The number of Topliss-reactive ketones (excluding diaryl/α,β-unsaturated/α-hetero) is 1. The fraction of sp³-hybridized carbons (Fsp3) is 0.462. The maximum Gasteiger partial charge on any atom is 0.165 e. The van der Waals surface area contributed by atoms with E-state index in [0.29, 0.717) is 5.78 Å². The summed E-state index contributed by atoms with van der Waals surface area (Å²) in [6.45, 7) is 4.38. The number of carbonyl (C=O) groups excluding carboxylic acids is 1. The fourth-order valence-electron chi connectivity index (χ4n) is 2.15. The third-order valence-electron chi connectivity index (χ3n) is 3.37. The lowest BCUT2D eigenvalue weighted by Gasteiger charge is -2.36. The van der Waals surface area contributed by atoms with Gasteiger partial charge in [0.15, 0.2) is 5.78 Å². The van der Waals surface area contributed by atoms with Gasteiger partial charge in [-0.3, -0.25) is 4.79 Å². The standard InChI is InChI=1S/C13H17OS/c1-3-13(4-2)9-11(14)10-7-5-6-8-12(10)15-13/h5-8,15H,3-4,9H2,1-2H3. The average Bonchev–Trinajstić information content (AvgIpc) is 2.29. The van der Waals surface area contributed by atoms with E-state index in [0.717, 1.165) is 24.8 Å². The molecule has 0 unspecified atom stereocenters. The van der Waals surface area contributed by atoms with Crippen LogP contribution in [0.1, 0.15) is 43.5 Å². The van der Waals surface area contributed by atoms with Crippen molar-refractivity contribution in [2.75, 3.05) is 0 Å². The van der Waals surface area contributed by atoms with E-state index in [4.69, 9.17) is 0 Å². The second-order valence-electron chi connectivity index (χ2n) is 4.16. The molecule has 0 aromatic heterocycles. The summed E-state index contributed by atoms with van der Waals surface area (Å²) in [5.41, 5.74) is 0.941. The van der Waals surface area contributed by atoms with Crippen LogP contribution in [0.4, 0.5) is 0 Å². The molecule has 1 aliphatic heterocycles. The number of benzene rings is 1. The van der Waals surface area contributed by atoms with E-state index in [9.17, 15) is 4.79 Å². The molecule has 0 saturated heterocycles. The van der Waals surface area contributed by atoms with E-state index < -0.39 is 0 Å². The van der Waals surface area contributed by atoms with E-state index >= 15 is 0 Å². The Morgan fingerprint density at radius 3 is 2.60 bits per heavy atom. The highest BCUT2D eigenvalue weighted by Crippen LogP contribution is 2.46. The molecule has 81 valence electrons. The minimum atomic E-state index is 0.200. The first kappa shape index (κ1) is 10.7. The summed E-state index contributed by atoms with van der Waals surface area (Å²) in [6.07, 6.45) is 2.90. The van der Waals surface area contributed by atoms with Crippen molar-refractivity contribution in [3.05, 3.63) is 29.8 Å². The molecule has 1 aliphatic rings. The SMILES string of the molecule is CCC1(CC)CC(=O)c2ccccc2[SH]1. The Kier molecular flexibility index (Phi) is 2.87. The van der Waals surface area contributed by atoms with Crippen molar-refractivity contribution in [3.63, 3.8) is 0 Å². The highest BCUT2D eigenvalue weighted by atomic mass is 32.2. The van der Waals surface area contributed by atoms with Crippen molar-refractivity contribution in [3.8, 4) is 0 Å². The Hall–Kier alpha value is -0.760. The fourth-order valence-corrected chi connectivity index (χ4v) is 3.68. The minimum Gasteiger partial charge on any atom is -0.294 e. The Balaban J connectivity index is 2.41. The zero-order valence-electron chi connectivity index (χ0n) is 9.29. The smallest absolute Gasteiger partial charge is 0.165 e. The van der Waals surface area contributed by atoms with E-state index in [1.54, 1.807) is 0 Å². The molecule has 0 fully saturated rings. The van der Waals surface area contributed by atoms with Crippen molar-refractivity contribution >= 4 is 17.5 Å². The molecule has 0 saturated carbocycles. The molecular formula is C13H17OS. The topological polar surface area (TPSA) is 17.1 Å². The lowest BCUT2D eigenvalue weighted by molar-refractivity contribution is 0.0960. The molecule has 0 bridgehead atoms. The molecule has 1 aromatic rings. The lowest BCUT2D eigenvalue weighted by Crippen LogP contribution is -2.30. The van der Waals surface area contributed by atoms with Gasteiger partial charge < -0.3 is 0 Å². The first-order valence-electron chi connectivity index (χ1n) is 5.56. The van der Waals surface area contributed by atoms with Gasteiger partial charge in [-0.2, -0.15) is 11.8 Å². The van der Waals surface area contributed by atoms with Crippen LogP contribution in [0.5, 0.6) is 0 Å². The summed E-state index contributed by atoms with van der Waals surface area (Å²) in [4.78, 5) is 13.2. The van der Waals surface area contributed by atoms with Crippen LogP contribution in [0, 0.1) is 0 Å². The van der Waals surface area contributed by atoms with E-state index in [1.807, 2.05) is 18.2 Å². The van der Waals surface area contributed by atoms with Crippen molar-refractivity contribution < 1.29 is 4.79 Å². The summed E-state index contributed by atoms with van der Waals surface area (Å²) in [5.74, 6) is 0.327. The molecule has 1 aromatic carbocycles. The van der Waals surface area contributed by atoms with Gasteiger partial charge in [0.05, 0.1) is 0 Å². The number of fused-ring (bicyclic) bond motifs is 1. The van der Waals surface area contributed by atoms with Gasteiger partial charge in [-0.1, -0.05) is 32.0 Å². The second kappa shape index (κ2) is 4.01. The maximum absolute atomic E-state index is 12.0. The van der Waals surface area contributed by atoms with Crippen LogP contribution < -0.4 is 0 Å². The zero-order valence-corrected chi connectivity index (χ0v) is 10.2. The molecular weight excluding hydrogens is 204 g/mol. The molecule has 1 heterocycles. The van der Waals surface area contributed by atoms with Crippen molar-refractivity contribution in [1.82, 2.24) is 0 Å². The number of hydrogen-bond acceptors (Lipinski definition) is 1. The third kappa shape index (κ3) is 1.83. The van der Waals surface area contributed by atoms with E-state index in [-0.39, 0.29) is 4.75 Å². The first-order valence-corrected chi connectivity index (χ1v) is 6.45. The summed E-state index contributed by atoms with van der Waals surface area (Å²) in [5, 5.41) is 0. The largest absolute Gasteiger partial charge is 0.294 e. The molecule has 1 radical (unpaired) electrons. The van der Waals surface area contributed by atoms with Gasteiger partial charge >= 0.3 is 0 Å². The highest BCUT2D eigenvalue weighted by Gasteiger charge is 2.35. The van der Waals surface area contributed by atoms with Gasteiger partial charge in [0, 0.05) is 21.6 Å². The molecule has 2 heteroatoms. The summed E-state index contributed by atoms with van der Waals surface area (Å²) >= 11 is 1.34. The van der Waals surface area contributed by atoms with Gasteiger partial charge in [-0.25, -0.2) is 0 Å². The summed E-state index contributed by atoms with van der Waals surface area (Å²) < 4.78 is 0.200. The third-order valence-corrected chi connectivity index (χ3v) is 5.26. The van der Waals surface area contributed by atoms with Gasteiger partial charge in [0.2, 0.25) is 0 Å². The molecule has 0 N–H and O–H groups in total. The molecule has 0 amide bonds. The van der Waals surface area contributed by atoms with Crippen LogP contribution in [0.15, 0.2) is 29.2 Å². The molecule has 15 heavy (non-hydrogen) atoms. The van der Waals surface area contributed by atoms with Crippen LogP contribution in [0.25, 0.3) is 0 Å². The Morgan fingerprint density at radius 1 is 1.27 bits per heavy atom. The van der Waals surface area contributed by atoms with Crippen LogP contribution in [0.3, 0.4) is 0 Å². The molecule has 1 nitrogen and oxygen atoms in total. The Labute approximate surface area is 95.3 Å². The lowest BCUT2D eigenvalue weighted by atomic mass is 9.92. The molecule has 2 rings (SSSR count). The second-order valence-corrected chi connectivity index (χ2v) is 5.81. The molecule has 0 atom stereocenters. The van der Waals surface area contributed by atoms with Crippen molar-refractivity contribution in [1.29, 1.82) is 0 Å². The summed E-state index contributed by atoms with van der Waals surface area (Å²) in [7, 11) is 0. The number of carbonyl (C=O) groups is 1. The Morgan fingerprint density at radius 2 is 1.93 bits per heavy atom. The van der Waals surface area contributed by atoms with Gasteiger partial charge in [-0.15, -0.1) is 0 Å². The highest BCUT2D eigenvalue weighted by molar-refractivity contribution is 8.00. The normalized spacial score (nSPS) is 18.7. The Bertz CT molecular complexity index is 380. The van der Waals surface area contributed by atoms with Crippen molar-refractivity contribution in [2.45, 2.75) is 42.8 Å². The number of ketones is 1. The number of thiol groups is 1. The molecule has 0 spiro atoms. The average molecular weight is 221 g/mol. The van der Waals surface area contributed by atoms with Gasteiger partial charge in [0.25, 0.3) is 0 Å². The van der Waals surface area contributed by atoms with E-state index in [2.05, 4.69) is 19.9 Å². The zero-order chi connectivity index (χ0) is 10.9. The minimum absolute atomic E-state index is 0.200. The van der Waals surface area contributed by atoms with E-state index in [1.165, 1.54) is 16.7 Å². The molecule has 0 aliphatic carbocycles. The number of rotatable bonds is 2. The first-order chi connectivity index (χ1) is 7.21. The van der Waals surface area contributed by atoms with Gasteiger partial charge in [-0.05, 0) is 18.9 Å². The van der Waals surface area contributed by atoms with Crippen molar-refractivity contribution in [2.24, 2.45) is 0 Å². The predicted octanol–water partition coefficient (Wildman–Crippen LogP) is 3.66. The maximum atomic E-state index is 12.0. The van der Waals surface area contributed by atoms with Crippen LogP contribution in [-0.4, -0.2) is 10.5 Å². The number of hydrogen-bond donors (Lipinski definition) is 1.